The van der Waals surface area contributed by atoms with Gasteiger partial charge in [-0.15, -0.1) is 0 Å². The highest BCUT2D eigenvalue weighted by atomic mass is 16.5. The fourth-order valence-electron chi connectivity index (χ4n) is 6.73. The van der Waals surface area contributed by atoms with E-state index in [0.717, 1.165) is 44.9 Å². The van der Waals surface area contributed by atoms with Crippen molar-refractivity contribution in [1.82, 2.24) is 0 Å². The number of esters is 1. The van der Waals surface area contributed by atoms with E-state index in [2.05, 4.69) is 19.9 Å². The van der Waals surface area contributed by atoms with Crippen LogP contribution in [0.15, 0.2) is 11.6 Å². The Balaban J connectivity index is 1.60. The van der Waals surface area contributed by atoms with E-state index >= 15 is 0 Å². The van der Waals surface area contributed by atoms with Gasteiger partial charge in [0.05, 0.1) is 0 Å². The van der Waals surface area contributed by atoms with Crippen LogP contribution in [-0.2, 0) is 14.3 Å². The Morgan fingerprint density at radius 3 is 2.58 bits per heavy atom. The summed E-state index contributed by atoms with van der Waals surface area (Å²) in [7, 11) is 0. The van der Waals surface area contributed by atoms with Crippen molar-refractivity contribution in [3.8, 4) is 0 Å². The summed E-state index contributed by atoms with van der Waals surface area (Å²) in [4.78, 5) is 23.7. The molecule has 0 N–H and O–H groups in total. The van der Waals surface area contributed by atoms with Crippen LogP contribution < -0.4 is 0 Å². The second kappa shape index (κ2) is 5.44. The minimum Gasteiger partial charge on any atom is -0.462 e. The average Bonchev–Trinajstić information content (AvgIpc) is 2.83. The maximum atomic E-state index is 12.4. The zero-order valence-electron chi connectivity index (χ0n) is 15.3. The minimum atomic E-state index is -0.157. The average molecular weight is 330 g/mol. The van der Waals surface area contributed by atoms with Crippen molar-refractivity contribution in [3.05, 3.63) is 11.6 Å². The SMILES string of the molecule is CC(=O)O[C@@H]1CC[C@]2(C)C(=CC[C@@H]3[C@@H]4CCC(=O)[C@]4(C)CC[C@@H]32)C1. The van der Waals surface area contributed by atoms with Crippen LogP contribution in [0, 0.1) is 28.6 Å². The number of carbonyl (C=O) groups excluding carboxylic acids is 2. The van der Waals surface area contributed by atoms with Gasteiger partial charge in [0, 0.05) is 25.2 Å². The van der Waals surface area contributed by atoms with E-state index in [9.17, 15) is 9.59 Å². The number of ether oxygens (including phenoxy) is 1. The van der Waals surface area contributed by atoms with Crippen LogP contribution >= 0.6 is 0 Å². The highest BCUT2D eigenvalue weighted by molar-refractivity contribution is 5.87. The third-order valence-electron chi connectivity index (χ3n) is 8.10. The summed E-state index contributed by atoms with van der Waals surface area (Å²) in [5, 5.41) is 0. The zero-order valence-corrected chi connectivity index (χ0v) is 15.3. The summed E-state index contributed by atoms with van der Waals surface area (Å²) in [6.45, 7) is 6.19. The summed E-state index contributed by atoms with van der Waals surface area (Å²) in [6, 6.07) is 0. The Morgan fingerprint density at radius 1 is 1.12 bits per heavy atom. The van der Waals surface area contributed by atoms with Gasteiger partial charge in [0.2, 0.25) is 0 Å². The predicted molar refractivity (Wildman–Crippen MR) is 92.3 cm³/mol. The monoisotopic (exact) mass is 330 g/mol. The highest BCUT2D eigenvalue weighted by Crippen LogP contribution is 2.64. The summed E-state index contributed by atoms with van der Waals surface area (Å²) in [5.41, 5.74) is 1.74. The maximum Gasteiger partial charge on any atom is 0.302 e. The topological polar surface area (TPSA) is 43.4 Å². The smallest absolute Gasteiger partial charge is 0.302 e. The molecule has 0 saturated heterocycles. The van der Waals surface area contributed by atoms with Crippen molar-refractivity contribution >= 4 is 11.8 Å². The molecule has 4 aliphatic carbocycles. The van der Waals surface area contributed by atoms with Crippen LogP contribution in [0.4, 0.5) is 0 Å². The molecule has 0 unspecified atom stereocenters. The van der Waals surface area contributed by atoms with Gasteiger partial charge in [0.15, 0.2) is 0 Å². The van der Waals surface area contributed by atoms with Gasteiger partial charge >= 0.3 is 5.97 Å². The number of rotatable bonds is 1. The number of fused-ring (bicyclic) bond motifs is 5. The third kappa shape index (κ3) is 2.23. The van der Waals surface area contributed by atoms with Crippen LogP contribution in [0.5, 0.6) is 0 Å². The largest absolute Gasteiger partial charge is 0.462 e. The number of Topliss-reactive ketones (excluding diaryl/α,β-unsaturated/α-hetero) is 1. The van der Waals surface area contributed by atoms with Crippen molar-refractivity contribution in [2.24, 2.45) is 28.6 Å². The number of hydrogen-bond acceptors (Lipinski definition) is 3. The van der Waals surface area contributed by atoms with Gasteiger partial charge in [-0.2, -0.15) is 0 Å². The Hall–Kier alpha value is -1.12. The molecule has 0 aliphatic heterocycles. The molecular weight excluding hydrogens is 300 g/mol. The van der Waals surface area contributed by atoms with E-state index < -0.39 is 0 Å². The predicted octanol–water partition coefficient (Wildman–Crippen LogP) is 4.45. The molecule has 3 saturated carbocycles. The third-order valence-corrected chi connectivity index (χ3v) is 8.10. The van der Waals surface area contributed by atoms with Crippen LogP contribution in [-0.4, -0.2) is 17.9 Å². The fraction of sp³-hybridized carbons (Fsp3) is 0.810. The van der Waals surface area contributed by atoms with Gasteiger partial charge in [-0.05, 0) is 61.7 Å². The van der Waals surface area contributed by atoms with Crippen LogP contribution in [0.2, 0.25) is 0 Å². The Kier molecular flexibility index (Phi) is 3.71. The molecule has 0 amide bonds. The Labute approximate surface area is 145 Å². The molecule has 0 aromatic rings. The summed E-state index contributed by atoms with van der Waals surface area (Å²) in [5.74, 6) is 2.33. The maximum absolute atomic E-state index is 12.4. The van der Waals surface area contributed by atoms with Crippen molar-refractivity contribution in [1.29, 1.82) is 0 Å². The second-order valence-electron chi connectivity index (χ2n) is 9.15. The lowest BCUT2D eigenvalue weighted by molar-refractivity contribution is -0.148. The van der Waals surface area contributed by atoms with Crippen molar-refractivity contribution in [3.63, 3.8) is 0 Å². The number of allylic oxidation sites excluding steroid dienone is 1. The lowest BCUT2D eigenvalue weighted by atomic mass is 9.48. The molecule has 0 radical (unpaired) electrons. The van der Waals surface area contributed by atoms with Crippen LogP contribution in [0.25, 0.3) is 0 Å². The molecule has 4 rings (SSSR count). The Bertz CT molecular complexity index is 606. The first kappa shape index (κ1) is 16.4. The van der Waals surface area contributed by atoms with Gasteiger partial charge in [-0.25, -0.2) is 0 Å². The molecule has 3 fully saturated rings. The number of ketones is 1. The van der Waals surface area contributed by atoms with E-state index in [0.29, 0.717) is 23.5 Å². The quantitative estimate of drug-likeness (QED) is 0.527. The molecule has 0 aromatic carbocycles. The van der Waals surface area contributed by atoms with E-state index in [1.54, 1.807) is 0 Å². The van der Waals surface area contributed by atoms with Crippen LogP contribution in [0.1, 0.15) is 72.1 Å². The van der Waals surface area contributed by atoms with Gasteiger partial charge in [0.25, 0.3) is 0 Å². The fourth-order valence-corrected chi connectivity index (χ4v) is 6.73. The van der Waals surface area contributed by atoms with Crippen molar-refractivity contribution in [2.75, 3.05) is 0 Å². The van der Waals surface area contributed by atoms with Gasteiger partial charge < -0.3 is 4.74 Å². The second-order valence-corrected chi connectivity index (χ2v) is 9.15. The first-order valence-electron chi connectivity index (χ1n) is 9.74. The van der Waals surface area contributed by atoms with E-state index in [-0.39, 0.29) is 22.9 Å². The molecule has 0 spiro atoms. The highest BCUT2D eigenvalue weighted by Gasteiger charge is 2.58. The first-order chi connectivity index (χ1) is 11.3. The lowest BCUT2D eigenvalue weighted by Gasteiger charge is -2.56. The molecule has 6 atom stereocenters. The molecular formula is C21H30O3. The molecule has 0 aromatic heterocycles. The summed E-state index contributed by atoms with van der Waals surface area (Å²) >= 11 is 0. The van der Waals surface area contributed by atoms with Gasteiger partial charge in [-0.1, -0.05) is 25.5 Å². The van der Waals surface area contributed by atoms with E-state index in [4.69, 9.17) is 4.74 Å². The standard InChI is InChI=1S/C21H30O3/c1-13(22)24-15-8-10-20(2)14(12-15)4-5-16-17-6-7-19(23)21(17,3)11-9-18(16)20/h4,15-18H,5-12H2,1-3H3/t15-,16-,17+,18+,20-,21-/m1/s1. The molecule has 3 heteroatoms. The lowest BCUT2D eigenvalue weighted by Crippen LogP contribution is -2.50. The molecule has 24 heavy (non-hydrogen) atoms. The normalized spacial score (nSPS) is 47.3. The molecule has 0 heterocycles. The van der Waals surface area contributed by atoms with Gasteiger partial charge in [0.1, 0.15) is 11.9 Å². The van der Waals surface area contributed by atoms with E-state index in [1.807, 2.05) is 0 Å². The summed E-state index contributed by atoms with van der Waals surface area (Å²) < 4.78 is 5.50. The number of carbonyl (C=O) groups is 2. The molecule has 132 valence electrons. The van der Waals surface area contributed by atoms with Crippen molar-refractivity contribution < 1.29 is 14.3 Å². The van der Waals surface area contributed by atoms with Gasteiger partial charge in [-0.3, -0.25) is 9.59 Å². The minimum absolute atomic E-state index is 0.0438. The summed E-state index contributed by atoms with van der Waals surface area (Å²) in [6.07, 6.45) is 10.8. The molecule has 4 aliphatic rings. The Morgan fingerprint density at radius 2 is 1.83 bits per heavy atom. The number of hydrogen-bond donors (Lipinski definition) is 0. The molecule has 0 bridgehead atoms. The van der Waals surface area contributed by atoms with E-state index in [1.165, 1.54) is 18.9 Å². The molecule has 3 nitrogen and oxygen atoms in total. The van der Waals surface area contributed by atoms with Crippen molar-refractivity contribution in [2.45, 2.75) is 78.2 Å². The zero-order chi connectivity index (χ0) is 17.1. The van der Waals surface area contributed by atoms with Crippen LogP contribution in [0.3, 0.4) is 0 Å². The first-order valence-corrected chi connectivity index (χ1v) is 9.74.